The van der Waals surface area contributed by atoms with Crippen molar-refractivity contribution in [2.24, 2.45) is 0 Å². The smallest absolute Gasteiger partial charge is 0.317 e. The van der Waals surface area contributed by atoms with Gasteiger partial charge in [0, 0.05) is 20.2 Å². The van der Waals surface area contributed by atoms with Gasteiger partial charge in [-0.15, -0.1) is 0 Å². The van der Waals surface area contributed by atoms with Crippen LogP contribution < -0.4 is 0 Å². The lowest BCUT2D eigenvalue weighted by Gasteiger charge is -2.11. The van der Waals surface area contributed by atoms with E-state index in [1.807, 2.05) is 0 Å². The molecule has 5 heteroatoms. The Bertz CT molecular complexity index is 173. The highest BCUT2D eigenvalue weighted by molar-refractivity contribution is 5.69. The number of methoxy groups -OCH3 is 1. The van der Waals surface area contributed by atoms with Crippen LogP contribution in [0.5, 0.6) is 0 Å². The fourth-order valence-corrected chi connectivity index (χ4v) is 1.38. The maximum atomic E-state index is 10.3. The normalized spacial score (nSPS) is 30.8. The molecule has 1 aliphatic heterocycles. The van der Waals surface area contributed by atoms with E-state index in [9.17, 15) is 9.90 Å². The molecule has 0 saturated carbocycles. The third-order valence-corrected chi connectivity index (χ3v) is 1.97. The third kappa shape index (κ3) is 2.17. The second-order valence-electron chi connectivity index (χ2n) is 2.93. The molecule has 5 nitrogen and oxygen atoms in total. The van der Waals surface area contributed by atoms with Crippen molar-refractivity contribution >= 4 is 5.97 Å². The van der Waals surface area contributed by atoms with Crippen LogP contribution in [0.15, 0.2) is 0 Å². The van der Waals surface area contributed by atoms with Crippen LogP contribution in [-0.2, 0) is 9.53 Å². The van der Waals surface area contributed by atoms with Crippen molar-refractivity contribution < 1.29 is 19.7 Å². The van der Waals surface area contributed by atoms with Gasteiger partial charge in [-0.3, -0.25) is 9.69 Å². The summed E-state index contributed by atoms with van der Waals surface area (Å²) in [4.78, 5) is 11.9. The van der Waals surface area contributed by atoms with Crippen molar-refractivity contribution in [2.45, 2.75) is 12.2 Å². The Morgan fingerprint density at radius 2 is 2.33 bits per heavy atom. The average Bonchev–Trinajstić information content (AvgIpc) is 2.29. The standard InChI is InChI=1S/C7H13NO4/c1-12-6-3-8(2-5(6)9)4-7(10)11/h5-6,9H,2-4H2,1H3,(H,10,11)/t5-,6-/m0/s1. The second kappa shape index (κ2) is 3.84. The Morgan fingerprint density at radius 3 is 2.75 bits per heavy atom. The molecule has 1 aliphatic rings. The number of carboxylic acids is 1. The van der Waals surface area contributed by atoms with Gasteiger partial charge in [0.15, 0.2) is 0 Å². The lowest BCUT2D eigenvalue weighted by atomic mass is 10.3. The van der Waals surface area contributed by atoms with Crippen molar-refractivity contribution in [2.75, 3.05) is 26.7 Å². The molecule has 1 heterocycles. The predicted octanol–water partition coefficient (Wildman–Crippen LogP) is -1.24. The molecule has 2 N–H and O–H groups in total. The highest BCUT2D eigenvalue weighted by atomic mass is 16.5. The summed E-state index contributed by atoms with van der Waals surface area (Å²) in [6.45, 7) is 0.839. The van der Waals surface area contributed by atoms with E-state index < -0.39 is 12.1 Å². The fourth-order valence-electron chi connectivity index (χ4n) is 1.38. The first-order chi connectivity index (χ1) is 5.63. The molecule has 0 spiro atoms. The number of ether oxygens (including phenoxy) is 1. The van der Waals surface area contributed by atoms with Crippen LogP contribution in [0.25, 0.3) is 0 Å². The number of rotatable bonds is 3. The molecular weight excluding hydrogens is 162 g/mol. The second-order valence-corrected chi connectivity index (χ2v) is 2.93. The number of nitrogens with zero attached hydrogens (tertiary/aromatic N) is 1. The number of hydrogen-bond acceptors (Lipinski definition) is 4. The van der Waals surface area contributed by atoms with E-state index in [1.54, 1.807) is 4.90 Å². The Hall–Kier alpha value is -0.650. The summed E-state index contributed by atoms with van der Waals surface area (Å²) in [5, 5.41) is 17.8. The minimum Gasteiger partial charge on any atom is -0.480 e. The molecule has 2 atom stereocenters. The van der Waals surface area contributed by atoms with E-state index in [0.717, 1.165) is 0 Å². The Labute approximate surface area is 70.5 Å². The summed E-state index contributed by atoms with van der Waals surface area (Å²) < 4.78 is 4.95. The number of aliphatic hydroxyl groups excluding tert-OH is 1. The lowest BCUT2D eigenvalue weighted by molar-refractivity contribution is -0.138. The fraction of sp³-hybridized carbons (Fsp3) is 0.857. The molecule has 1 rings (SSSR count). The van der Waals surface area contributed by atoms with Crippen LogP contribution in [0.3, 0.4) is 0 Å². The average molecular weight is 175 g/mol. The first kappa shape index (κ1) is 9.44. The molecule has 0 unspecified atom stereocenters. The molecular formula is C7H13NO4. The van der Waals surface area contributed by atoms with E-state index in [0.29, 0.717) is 13.1 Å². The topological polar surface area (TPSA) is 70.0 Å². The van der Waals surface area contributed by atoms with Crippen molar-refractivity contribution in [1.82, 2.24) is 4.90 Å². The van der Waals surface area contributed by atoms with Gasteiger partial charge in [-0.25, -0.2) is 0 Å². The summed E-state index contributed by atoms with van der Waals surface area (Å²) in [5.41, 5.74) is 0. The van der Waals surface area contributed by atoms with Crippen molar-refractivity contribution in [3.8, 4) is 0 Å². The van der Waals surface area contributed by atoms with Crippen molar-refractivity contribution in [1.29, 1.82) is 0 Å². The maximum Gasteiger partial charge on any atom is 0.317 e. The third-order valence-electron chi connectivity index (χ3n) is 1.97. The molecule has 12 heavy (non-hydrogen) atoms. The van der Waals surface area contributed by atoms with Gasteiger partial charge in [0.1, 0.15) is 0 Å². The maximum absolute atomic E-state index is 10.3. The van der Waals surface area contributed by atoms with Crippen LogP contribution in [0.2, 0.25) is 0 Å². The van der Waals surface area contributed by atoms with Gasteiger partial charge in [-0.2, -0.15) is 0 Å². The summed E-state index contributed by atoms with van der Waals surface area (Å²) in [7, 11) is 1.51. The summed E-state index contributed by atoms with van der Waals surface area (Å²) >= 11 is 0. The Morgan fingerprint density at radius 1 is 1.67 bits per heavy atom. The summed E-state index contributed by atoms with van der Waals surface area (Å²) in [5.74, 6) is -0.876. The highest BCUT2D eigenvalue weighted by Gasteiger charge is 2.31. The van der Waals surface area contributed by atoms with Crippen LogP contribution in [0.4, 0.5) is 0 Å². The van der Waals surface area contributed by atoms with E-state index >= 15 is 0 Å². The van der Waals surface area contributed by atoms with Gasteiger partial charge >= 0.3 is 5.97 Å². The molecule has 0 aromatic rings. The van der Waals surface area contributed by atoms with Gasteiger partial charge in [0.05, 0.1) is 18.8 Å². The molecule has 0 amide bonds. The lowest BCUT2D eigenvalue weighted by Crippen LogP contribution is -2.28. The number of hydrogen-bond donors (Lipinski definition) is 2. The van der Waals surface area contributed by atoms with E-state index in [1.165, 1.54) is 7.11 Å². The van der Waals surface area contributed by atoms with Crippen LogP contribution in [0, 0.1) is 0 Å². The van der Waals surface area contributed by atoms with Gasteiger partial charge in [-0.1, -0.05) is 0 Å². The zero-order valence-corrected chi connectivity index (χ0v) is 6.93. The molecule has 0 aromatic carbocycles. The van der Waals surface area contributed by atoms with E-state index in [4.69, 9.17) is 9.84 Å². The molecule has 1 saturated heterocycles. The van der Waals surface area contributed by atoms with Gasteiger partial charge in [-0.05, 0) is 0 Å². The number of aliphatic hydroxyl groups is 1. The zero-order chi connectivity index (χ0) is 9.14. The molecule has 1 fully saturated rings. The van der Waals surface area contributed by atoms with E-state index in [2.05, 4.69) is 0 Å². The van der Waals surface area contributed by atoms with Crippen LogP contribution in [0.1, 0.15) is 0 Å². The first-order valence-corrected chi connectivity index (χ1v) is 3.78. The number of β-amino-alcohol motifs (C(OH)–C–C–N with tert-alkyl or cyclic N) is 1. The van der Waals surface area contributed by atoms with Gasteiger partial charge < -0.3 is 14.9 Å². The number of carbonyl (C=O) groups is 1. The monoisotopic (exact) mass is 175 g/mol. The van der Waals surface area contributed by atoms with Gasteiger partial charge in [0.2, 0.25) is 0 Å². The van der Waals surface area contributed by atoms with Crippen molar-refractivity contribution in [3.05, 3.63) is 0 Å². The van der Waals surface area contributed by atoms with E-state index in [-0.39, 0.29) is 12.6 Å². The molecule has 0 aromatic heterocycles. The predicted molar refractivity (Wildman–Crippen MR) is 40.9 cm³/mol. The number of likely N-dealkylation sites (tertiary alicyclic amines) is 1. The minimum atomic E-state index is -0.876. The highest BCUT2D eigenvalue weighted by Crippen LogP contribution is 2.11. The van der Waals surface area contributed by atoms with Crippen LogP contribution >= 0.6 is 0 Å². The number of aliphatic carboxylic acids is 1. The zero-order valence-electron chi connectivity index (χ0n) is 6.93. The van der Waals surface area contributed by atoms with Crippen LogP contribution in [-0.4, -0.2) is 60.0 Å². The van der Waals surface area contributed by atoms with Crippen molar-refractivity contribution in [3.63, 3.8) is 0 Å². The molecule has 0 bridgehead atoms. The Balaban J connectivity index is 2.37. The SMILES string of the molecule is CO[C@H]1CN(CC(=O)O)C[C@@H]1O. The molecule has 70 valence electrons. The minimum absolute atomic E-state index is 0.0308. The van der Waals surface area contributed by atoms with Gasteiger partial charge in [0.25, 0.3) is 0 Å². The number of carboxylic acid groups (broad SMARTS) is 1. The Kier molecular flexibility index (Phi) is 3.02. The summed E-state index contributed by atoms with van der Waals surface area (Å²) in [6.07, 6.45) is -0.807. The molecule has 0 aliphatic carbocycles. The first-order valence-electron chi connectivity index (χ1n) is 3.78. The largest absolute Gasteiger partial charge is 0.480 e. The molecule has 0 radical (unpaired) electrons. The quantitative estimate of drug-likeness (QED) is 0.561. The summed E-state index contributed by atoms with van der Waals surface area (Å²) in [6, 6.07) is 0.